The molecular weight excluding hydrogens is 466 g/mol. The summed E-state index contributed by atoms with van der Waals surface area (Å²) in [5.41, 5.74) is -0.606. The first-order chi connectivity index (χ1) is 18.1. The molecule has 0 fully saturated rings. The summed E-state index contributed by atoms with van der Waals surface area (Å²) >= 11 is 0. The molecule has 0 aromatic carbocycles. The van der Waals surface area contributed by atoms with Crippen LogP contribution in [0.1, 0.15) is 207 Å². The van der Waals surface area contributed by atoms with Crippen molar-refractivity contribution in [2.75, 3.05) is 0 Å². The van der Waals surface area contributed by atoms with Crippen molar-refractivity contribution in [3.63, 3.8) is 0 Å². The van der Waals surface area contributed by atoms with Crippen LogP contribution in [0.4, 0.5) is 0 Å². The molecule has 0 radical (unpaired) electrons. The van der Waals surface area contributed by atoms with Gasteiger partial charge in [-0.15, -0.1) is 0 Å². The van der Waals surface area contributed by atoms with Crippen LogP contribution in [0.2, 0.25) is 0 Å². The molecule has 0 aromatic rings. The summed E-state index contributed by atoms with van der Waals surface area (Å²) in [5.74, 6) is -0.498. The number of hydrogen-bond donors (Lipinski definition) is 1. The zero-order valence-corrected chi connectivity index (χ0v) is 27.2. The van der Waals surface area contributed by atoms with Crippen molar-refractivity contribution in [3.8, 4) is 0 Å². The van der Waals surface area contributed by atoms with Crippen LogP contribution in [0, 0.1) is 11.3 Å². The zero-order valence-electron chi connectivity index (χ0n) is 27.2. The van der Waals surface area contributed by atoms with Gasteiger partial charge in [-0.25, -0.2) is 0 Å². The number of aliphatic carboxylic acids is 1. The monoisotopic (exact) mass is 540 g/mol. The van der Waals surface area contributed by atoms with Crippen molar-refractivity contribution in [2.24, 2.45) is 11.3 Å². The second kappa shape index (κ2) is 29.4. The molecule has 0 saturated carbocycles. The van der Waals surface area contributed by atoms with Gasteiger partial charge in [-0.05, 0) is 25.2 Å². The third-order valence-electron chi connectivity index (χ3n) is 9.19. The molecule has 0 rings (SSSR count). The van der Waals surface area contributed by atoms with Crippen LogP contribution in [0.25, 0.3) is 0 Å². The van der Waals surface area contributed by atoms with Crippen molar-refractivity contribution in [2.45, 2.75) is 207 Å². The van der Waals surface area contributed by atoms with E-state index in [2.05, 4.69) is 27.7 Å². The average Bonchev–Trinajstić information content (AvgIpc) is 2.90. The van der Waals surface area contributed by atoms with E-state index in [1.165, 1.54) is 148 Å². The maximum Gasteiger partial charge on any atom is 0.0478 e. The van der Waals surface area contributed by atoms with E-state index in [-0.39, 0.29) is 12.1 Å². The van der Waals surface area contributed by atoms with E-state index < -0.39 is 11.4 Å². The maximum absolute atomic E-state index is 12.4. The molecule has 0 amide bonds. The summed E-state index contributed by atoms with van der Waals surface area (Å²) < 4.78 is 0. The van der Waals surface area contributed by atoms with E-state index >= 15 is 0 Å². The zero-order chi connectivity index (χ0) is 27.5. The summed E-state index contributed by atoms with van der Waals surface area (Å²) in [6.45, 7) is 8.84. The predicted molar refractivity (Wildman–Crippen MR) is 169 cm³/mol. The lowest BCUT2D eigenvalue weighted by Crippen LogP contribution is -2.47. The highest BCUT2D eigenvalue weighted by Gasteiger charge is 2.36. The molecular formula is C35H73NO2. The van der Waals surface area contributed by atoms with Crippen molar-refractivity contribution in [3.05, 3.63) is 0 Å². The highest BCUT2D eigenvalue weighted by molar-refractivity contribution is 5.72. The van der Waals surface area contributed by atoms with Gasteiger partial charge in [0.25, 0.3) is 0 Å². The van der Waals surface area contributed by atoms with Crippen molar-refractivity contribution in [1.29, 1.82) is 0 Å². The molecule has 0 bridgehead atoms. The molecule has 4 N–H and O–H groups in total. The average molecular weight is 540 g/mol. The molecule has 3 heteroatoms. The summed E-state index contributed by atoms with van der Waals surface area (Å²) in [5, 5.41) is 12.4. The molecule has 0 aliphatic heterocycles. The predicted octanol–water partition coefficient (Wildman–Crippen LogP) is 11.7. The van der Waals surface area contributed by atoms with Crippen LogP contribution >= 0.6 is 0 Å². The Morgan fingerprint density at radius 2 is 0.842 bits per heavy atom. The van der Waals surface area contributed by atoms with Crippen molar-refractivity contribution in [1.82, 2.24) is 6.15 Å². The minimum atomic E-state index is -0.774. The summed E-state index contributed by atoms with van der Waals surface area (Å²) in [6.07, 6.45) is 35.7. The Labute approximate surface area is 240 Å². The molecule has 38 heavy (non-hydrogen) atoms. The van der Waals surface area contributed by atoms with Crippen molar-refractivity contribution < 1.29 is 9.90 Å². The Balaban J connectivity index is 0. The molecule has 2 atom stereocenters. The number of carbonyl (C=O) groups excluding carboxylic acids is 1. The first-order valence-electron chi connectivity index (χ1n) is 17.3. The molecule has 3 nitrogen and oxygen atoms in total. The quantitative estimate of drug-likeness (QED) is 0.0921. The molecule has 0 aliphatic carbocycles. The third-order valence-corrected chi connectivity index (χ3v) is 9.19. The topological polar surface area (TPSA) is 76.6 Å². The molecule has 0 aromatic heterocycles. The highest BCUT2D eigenvalue weighted by Crippen LogP contribution is 2.41. The van der Waals surface area contributed by atoms with Gasteiger partial charge < -0.3 is 16.1 Å². The maximum atomic E-state index is 12.4. The Kier molecular flexibility index (Phi) is 30.6. The highest BCUT2D eigenvalue weighted by atomic mass is 16.4. The fourth-order valence-corrected chi connectivity index (χ4v) is 6.47. The Hall–Kier alpha value is -0.570. The molecule has 2 unspecified atom stereocenters. The Bertz CT molecular complexity index is 481. The first kappa shape index (κ1) is 39.6. The van der Waals surface area contributed by atoms with E-state index in [0.717, 1.165) is 32.1 Å². The van der Waals surface area contributed by atoms with E-state index in [0.29, 0.717) is 0 Å². The normalized spacial score (nSPS) is 13.7. The lowest BCUT2D eigenvalue weighted by molar-refractivity contribution is -0.323. The number of rotatable bonds is 30. The second-order valence-corrected chi connectivity index (χ2v) is 12.2. The van der Waals surface area contributed by atoms with Gasteiger partial charge in [0.1, 0.15) is 0 Å². The van der Waals surface area contributed by atoms with Crippen molar-refractivity contribution >= 4 is 5.97 Å². The summed E-state index contributed by atoms with van der Waals surface area (Å²) in [4.78, 5) is 12.4. The van der Waals surface area contributed by atoms with Gasteiger partial charge in [-0.2, -0.15) is 0 Å². The lowest BCUT2D eigenvalue weighted by atomic mass is 9.67. The Morgan fingerprint density at radius 1 is 0.526 bits per heavy atom. The van der Waals surface area contributed by atoms with E-state index in [4.69, 9.17) is 0 Å². The number of carboxylic acids is 1. The molecule has 0 heterocycles. The van der Waals surface area contributed by atoms with Crippen LogP contribution in [0.5, 0.6) is 0 Å². The van der Waals surface area contributed by atoms with Gasteiger partial charge in [-0.3, -0.25) is 0 Å². The van der Waals surface area contributed by atoms with Crippen LogP contribution in [-0.2, 0) is 4.79 Å². The number of hydrogen-bond acceptors (Lipinski definition) is 2. The van der Waals surface area contributed by atoms with Gasteiger partial charge in [0.15, 0.2) is 0 Å². The third kappa shape index (κ3) is 20.3. The van der Waals surface area contributed by atoms with Gasteiger partial charge in [-0.1, -0.05) is 188 Å². The largest absolute Gasteiger partial charge is 0.550 e. The SMILES string of the molecule is CCCCCCCCCCCCCCCC(CC)C(CC)(CCCCCCCCCCCCC)C(=O)[O-].[NH4+]. The standard InChI is InChI=1S/C35H70O2.H3N/c1-5-9-11-13-15-17-19-20-21-23-25-27-29-31-33(7-3)35(8-4,34(36)37)32-30-28-26-24-22-18-16-14-12-10-6-2;/h33H,5-32H2,1-4H3,(H,36,37);1H3. The lowest BCUT2D eigenvalue weighted by Gasteiger charge is -2.41. The smallest absolute Gasteiger partial charge is 0.0478 e. The number of carboxylic acid groups (broad SMARTS) is 1. The van der Waals surface area contributed by atoms with E-state index in [1.807, 2.05) is 0 Å². The summed E-state index contributed by atoms with van der Waals surface area (Å²) in [6, 6.07) is 0. The Morgan fingerprint density at radius 3 is 1.13 bits per heavy atom. The first-order valence-corrected chi connectivity index (χ1v) is 17.3. The van der Waals surface area contributed by atoms with Crippen LogP contribution in [0.3, 0.4) is 0 Å². The minimum Gasteiger partial charge on any atom is -0.550 e. The van der Waals surface area contributed by atoms with Crippen LogP contribution in [0.15, 0.2) is 0 Å². The molecule has 230 valence electrons. The van der Waals surface area contributed by atoms with E-state index in [1.54, 1.807) is 0 Å². The van der Waals surface area contributed by atoms with Crippen LogP contribution in [-0.4, -0.2) is 5.97 Å². The minimum absolute atomic E-state index is 0. The summed E-state index contributed by atoms with van der Waals surface area (Å²) in [7, 11) is 0. The second-order valence-electron chi connectivity index (χ2n) is 12.2. The van der Waals surface area contributed by atoms with Crippen LogP contribution < -0.4 is 11.3 Å². The van der Waals surface area contributed by atoms with Gasteiger partial charge >= 0.3 is 0 Å². The van der Waals surface area contributed by atoms with Gasteiger partial charge in [0.2, 0.25) is 0 Å². The van der Waals surface area contributed by atoms with Gasteiger partial charge in [0, 0.05) is 11.4 Å². The van der Waals surface area contributed by atoms with E-state index in [9.17, 15) is 9.90 Å². The molecule has 0 aliphatic rings. The fraction of sp³-hybridized carbons (Fsp3) is 0.971. The fourth-order valence-electron chi connectivity index (χ4n) is 6.47. The number of carbonyl (C=O) groups is 1. The number of quaternary nitrogens is 1. The molecule has 0 saturated heterocycles. The number of unbranched alkanes of at least 4 members (excludes halogenated alkanes) is 22. The molecule has 0 spiro atoms. The van der Waals surface area contributed by atoms with Gasteiger partial charge in [0.05, 0.1) is 0 Å².